The molecule has 10 heteroatoms. The monoisotopic (exact) mass is 400 g/mol. The summed E-state index contributed by atoms with van der Waals surface area (Å²) in [5.41, 5.74) is 2.08. The number of aromatic nitrogens is 6. The van der Waals surface area contributed by atoms with Gasteiger partial charge in [0.05, 0.1) is 11.9 Å². The number of carboxylic acids is 1. The molecule has 30 heavy (non-hydrogen) atoms. The predicted molar refractivity (Wildman–Crippen MR) is 110 cm³/mol. The van der Waals surface area contributed by atoms with Crippen molar-refractivity contribution >= 4 is 29.2 Å². The largest absolute Gasteiger partial charge is 0.477 e. The first-order chi connectivity index (χ1) is 14.6. The number of anilines is 4. The molecule has 3 N–H and O–H groups in total. The standard InChI is InChI=1S/C20H16N8O2/c1-12-3-2-4-14(24-12)18-21-9-7-16(27-18)26-17-8-10-22-20(28-17)25-13-5-6-15(19(29)30)23-11-13/h2-11H,1H3,(H,29,30)(H2,21,22,25,26,27,28). The third-order valence-corrected chi connectivity index (χ3v) is 3.92. The molecule has 4 aromatic rings. The van der Waals surface area contributed by atoms with Crippen LogP contribution in [0.25, 0.3) is 11.5 Å². The summed E-state index contributed by atoms with van der Waals surface area (Å²) < 4.78 is 0. The molecule has 0 atom stereocenters. The van der Waals surface area contributed by atoms with Gasteiger partial charge in [-0.2, -0.15) is 4.98 Å². The number of rotatable bonds is 6. The van der Waals surface area contributed by atoms with Gasteiger partial charge in [0, 0.05) is 18.1 Å². The Morgan fingerprint density at radius 2 is 1.67 bits per heavy atom. The molecule has 4 rings (SSSR count). The van der Waals surface area contributed by atoms with Crippen LogP contribution in [0, 0.1) is 6.92 Å². The van der Waals surface area contributed by atoms with Crippen molar-refractivity contribution in [3.05, 3.63) is 72.4 Å². The second kappa shape index (κ2) is 8.27. The van der Waals surface area contributed by atoms with Crippen molar-refractivity contribution in [2.45, 2.75) is 6.92 Å². The number of hydrogen-bond donors (Lipinski definition) is 3. The Balaban J connectivity index is 1.51. The lowest BCUT2D eigenvalue weighted by molar-refractivity contribution is 0.0690. The zero-order valence-corrected chi connectivity index (χ0v) is 15.8. The summed E-state index contributed by atoms with van der Waals surface area (Å²) in [6, 6.07) is 12.1. The van der Waals surface area contributed by atoms with E-state index in [0.29, 0.717) is 34.8 Å². The first kappa shape index (κ1) is 18.9. The zero-order chi connectivity index (χ0) is 20.9. The Kier molecular flexibility index (Phi) is 5.20. The molecule has 148 valence electrons. The van der Waals surface area contributed by atoms with Crippen molar-refractivity contribution < 1.29 is 9.90 Å². The first-order valence-electron chi connectivity index (χ1n) is 8.90. The van der Waals surface area contributed by atoms with E-state index in [4.69, 9.17) is 5.11 Å². The van der Waals surface area contributed by atoms with Crippen LogP contribution in [-0.4, -0.2) is 41.0 Å². The van der Waals surface area contributed by atoms with E-state index >= 15 is 0 Å². The third kappa shape index (κ3) is 4.50. The van der Waals surface area contributed by atoms with Gasteiger partial charge in [0.15, 0.2) is 5.82 Å². The second-order valence-electron chi connectivity index (χ2n) is 6.18. The average Bonchev–Trinajstić information content (AvgIpc) is 2.75. The van der Waals surface area contributed by atoms with E-state index in [-0.39, 0.29) is 5.69 Å². The fraction of sp³-hybridized carbons (Fsp3) is 0.0500. The molecule has 0 saturated heterocycles. The van der Waals surface area contributed by atoms with E-state index < -0.39 is 5.97 Å². The molecule has 0 spiro atoms. The summed E-state index contributed by atoms with van der Waals surface area (Å²) in [6.45, 7) is 1.91. The SMILES string of the molecule is Cc1cccc(-c2nccc(Nc3ccnc(Nc4ccc(C(=O)O)nc4)n3)n2)n1. The van der Waals surface area contributed by atoms with Crippen LogP contribution in [0.4, 0.5) is 23.3 Å². The van der Waals surface area contributed by atoms with Crippen molar-refractivity contribution in [1.29, 1.82) is 0 Å². The van der Waals surface area contributed by atoms with E-state index in [1.54, 1.807) is 30.6 Å². The number of carboxylic acid groups (broad SMARTS) is 1. The molecular weight excluding hydrogens is 384 g/mol. The zero-order valence-electron chi connectivity index (χ0n) is 15.8. The third-order valence-electron chi connectivity index (χ3n) is 3.92. The summed E-state index contributed by atoms with van der Waals surface area (Å²) in [5.74, 6) is 0.805. The maximum Gasteiger partial charge on any atom is 0.354 e. The maximum absolute atomic E-state index is 10.9. The fourth-order valence-corrected chi connectivity index (χ4v) is 2.56. The van der Waals surface area contributed by atoms with E-state index in [2.05, 4.69) is 40.5 Å². The molecule has 10 nitrogen and oxygen atoms in total. The first-order valence-corrected chi connectivity index (χ1v) is 8.90. The van der Waals surface area contributed by atoms with Gasteiger partial charge in [-0.05, 0) is 43.3 Å². The molecule has 0 radical (unpaired) electrons. The van der Waals surface area contributed by atoms with E-state index in [0.717, 1.165) is 5.69 Å². The Hall–Kier alpha value is -4.47. The van der Waals surface area contributed by atoms with Crippen LogP contribution in [-0.2, 0) is 0 Å². The highest BCUT2D eigenvalue weighted by molar-refractivity contribution is 5.85. The smallest absolute Gasteiger partial charge is 0.354 e. The number of nitrogens with one attached hydrogen (secondary N) is 2. The molecule has 0 aliphatic heterocycles. The predicted octanol–water partition coefficient (Wildman–Crippen LogP) is 3.22. The van der Waals surface area contributed by atoms with Crippen molar-refractivity contribution in [2.75, 3.05) is 10.6 Å². The second-order valence-corrected chi connectivity index (χ2v) is 6.18. The summed E-state index contributed by atoms with van der Waals surface area (Å²) in [5, 5.41) is 15.0. The van der Waals surface area contributed by atoms with Gasteiger partial charge in [0.1, 0.15) is 23.0 Å². The highest BCUT2D eigenvalue weighted by atomic mass is 16.4. The van der Waals surface area contributed by atoms with Gasteiger partial charge < -0.3 is 15.7 Å². The molecule has 0 amide bonds. The number of aromatic carboxylic acids is 1. The highest BCUT2D eigenvalue weighted by Gasteiger charge is 2.07. The molecule has 0 aliphatic carbocycles. The van der Waals surface area contributed by atoms with Crippen LogP contribution in [0.5, 0.6) is 0 Å². The molecular formula is C20H16N8O2. The minimum absolute atomic E-state index is 0.0421. The van der Waals surface area contributed by atoms with Crippen molar-refractivity contribution in [3.63, 3.8) is 0 Å². The van der Waals surface area contributed by atoms with E-state index in [1.807, 2.05) is 25.1 Å². The van der Waals surface area contributed by atoms with Gasteiger partial charge in [-0.1, -0.05) is 6.07 Å². The Labute approximate surface area is 171 Å². The quantitative estimate of drug-likeness (QED) is 0.442. The summed E-state index contributed by atoms with van der Waals surface area (Å²) >= 11 is 0. The van der Waals surface area contributed by atoms with Gasteiger partial charge in [0.25, 0.3) is 0 Å². The molecule has 0 aliphatic rings. The summed E-state index contributed by atoms with van der Waals surface area (Å²) in [4.78, 5) is 36.5. The van der Waals surface area contributed by atoms with Crippen LogP contribution >= 0.6 is 0 Å². The number of carbonyl (C=O) groups is 1. The van der Waals surface area contributed by atoms with Crippen LogP contribution in [0.2, 0.25) is 0 Å². The molecule has 0 bridgehead atoms. The molecule has 0 aromatic carbocycles. The van der Waals surface area contributed by atoms with Gasteiger partial charge >= 0.3 is 5.97 Å². The van der Waals surface area contributed by atoms with Gasteiger partial charge in [-0.3, -0.25) is 0 Å². The van der Waals surface area contributed by atoms with E-state index in [1.165, 1.54) is 12.3 Å². The van der Waals surface area contributed by atoms with Gasteiger partial charge in [-0.15, -0.1) is 0 Å². The lowest BCUT2D eigenvalue weighted by Crippen LogP contribution is -2.04. The van der Waals surface area contributed by atoms with Crippen LogP contribution in [0.1, 0.15) is 16.2 Å². The van der Waals surface area contributed by atoms with Crippen LogP contribution in [0.15, 0.2) is 61.1 Å². The molecule has 4 aromatic heterocycles. The number of pyridine rings is 2. The Morgan fingerprint density at radius 3 is 2.40 bits per heavy atom. The van der Waals surface area contributed by atoms with Crippen molar-refractivity contribution in [3.8, 4) is 11.5 Å². The Bertz CT molecular complexity index is 1200. The number of aryl methyl sites for hydroxylation is 1. The molecule has 4 heterocycles. The maximum atomic E-state index is 10.9. The lowest BCUT2D eigenvalue weighted by Gasteiger charge is -2.09. The molecule has 0 unspecified atom stereocenters. The minimum Gasteiger partial charge on any atom is -0.477 e. The molecule has 0 fully saturated rings. The Morgan fingerprint density at radius 1 is 0.867 bits per heavy atom. The topological polar surface area (TPSA) is 139 Å². The molecule has 0 saturated carbocycles. The summed E-state index contributed by atoms with van der Waals surface area (Å²) in [6.07, 6.45) is 4.63. The fourth-order valence-electron chi connectivity index (χ4n) is 2.56. The number of hydrogen-bond acceptors (Lipinski definition) is 9. The van der Waals surface area contributed by atoms with Crippen molar-refractivity contribution in [1.82, 2.24) is 29.9 Å². The van der Waals surface area contributed by atoms with Crippen molar-refractivity contribution in [2.24, 2.45) is 0 Å². The minimum atomic E-state index is -1.09. The highest BCUT2D eigenvalue weighted by Crippen LogP contribution is 2.18. The lowest BCUT2D eigenvalue weighted by atomic mass is 10.3. The van der Waals surface area contributed by atoms with Gasteiger partial charge in [-0.25, -0.2) is 29.7 Å². The van der Waals surface area contributed by atoms with Crippen LogP contribution in [0.3, 0.4) is 0 Å². The van der Waals surface area contributed by atoms with E-state index in [9.17, 15) is 4.79 Å². The van der Waals surface area contributed by atoms with Gasteiger partial charge in [0.2, 0.25) is 5.95 Å². The average molecular weight is 400 g/mol. The van der Waals surface area contributed by atoms with Crippen LogP contribution < -0.4 is 10.6 Å². The normalized spacial score (nSPS) is 10.4. The summed E-state index contributed by atoms with van der Waals surface area (Å²) in [7, 11) is 0. The number of nitrogens with zero attached hydrogens (tertiary/aromatic N) is 6.